The third kappa shape index (κ3) is 4.82. The molecule has 8 heteroatoms. The zero-order valence-electron chi connectivity index (χ0n) is 16.8. The van der Waals surface area contributed by atoms with Crippen LogP contribution in [0.3, 0.4) is 0 Å². The van der Waals surface area contributed by atoms with Gasteiger partial charge in [0.1, 0.15) is 5.75 Å². The molecule has 0 radical (unpaired) electrons. The van der Waals surface area contributed by atoms with E-state index in [4.69, 9.17) is 14.2 Å². The molecule has 1 aromatic carbocycles. The molecule has 0 fully saturated rings. The second-order valence-electron chi connectivity index (χ2n) is 6.51. The van der Waals surface area contributed by atoms with E-state index in [1.165, 1.54) is 19.3 Å². The number of carbonyl (C=O) groups excluding carboxylic acids is 2. The Balaban J connectivity index is 2.45. The van der Waals surface area contributed by atoms with Gasteiger partial charge in [-0.1, -0.05) is 24.3 Å². The molecule has 0 amide bonds. The van der Waals surface area contributed by atoms with Gasteiger partial charge in [0, 0.05) is 29.4 Å². The van der Waals surface area contributed by atoms with Crippen LogP contribution in [-0.4, -0.2) is 42.7 Å². The average molecular weight is 403 g/mol. The lowest BCUT2D eigenvalue weighted by atomic mass is 9.76. The van der Waals surface area contributed by atoms with Gasteiger partial charge in [0.2, 0.25) is 5.54 Å². The van der Waals surface area contributed by atoms with Gasteiger partial charge in [0.05, 0.1) is 26.2 Å². The van der Waals surface area contributed by atoms with Crippen molar-refractivity contribution in [1.82, 2.24) is 0 Å². The minimum absolute atomic E-state index is 0.0397. The smallest absolute Gasteiger partial charge is 0.334 e. The minimum Gasteiger partial charge on any atom is -0.497 e. The monoisotopic (exact) mass is 403 g/mol. The predicted molar refractivity (Wildman–Crippen MR) is 105 cm³/mol. The first-order valence-corrected chi connectivity index (χ1v) is 9.38. The number of ether oxygens (including phenoxy) is 3. The van der Waals surface area contributed by atoms with Crippen molar-refractivity contribution < 1.29 is 28.7 Å². The molecular formula is C21H25NO7. The summed E-state index contributed by atoms with van der Waals surface area (Å²) < 4.78 is 15.1. The number of hydrogen-bond donors (Lipinski definition) is 0. The fraction of sp³-hybridized carbons (Fsp3) is 0.429. The maximum Gasteiger partial charge on any atom is 0.334 e. The molecule has 0 saturated carbocycles. The molecule has 156 valence electrons. The molecule has 0 aromatic heterocycles. The second-order valence-corrected chi connectivity index (χ2v) is 6.51. The van der Waals surface area contributed by atoms with E-state index in [-0.39, 0.29) is 36.6 Å². The van der Waals surface area contributed by atoms with Crippen molar-refractivity contribution in [3.8, 4) is 5.75 Å². The zero-order valence-corrected chi connectivity index (χ0v) is 16.8. The van der Waals surface area contributed by atoms with Crippen LogP contribution in [0.2, 0.25) is 0 Å². The Labute approximate surface area is 169 Å². The lowest BCUT2D eigenvalue weighted by molar-refractivity contribution is -0.570. The van der Waals surface area contributed by atoms with E-state index in [2.05, 4.69) is 0 Å². The van der Waals surface area contributed by atoms with Crippen LogP contribution in [0, 0.1) is 10.1 Å². The summed E-state index contributed by atoms with van der Waals surface area (Å²) in [6, 6.07) is 6.79. The first-order valence-electron chi connectivity index (χ1n) is 9.38. The van der Waals surface area contributed by atoms with Crippen LogP contribution in [0.1, 0.15) is 38.2 Å². The van der Waals surface area contributed by atoms with Gasteiger partial charge in [0.15, 0.2) is 0 Å². The second kappa shape index (κ2) is 9.86. The van der Waals surface area contributed by atoms with Crippen LogP contribution in [0.5, 0.6) is 5.75 Å². The SMILES string of the molecule is CCOC(=O)/C=C/C[C@]1([N+](=O)[O-])CC=C(C(=O)OCC)[C@H]1c1ccc(OC)cc1. The van der Waals surface area contributed by atoms with Gasteiger partial charge in [-0.05, 0) is 31.5 Å². The Hall–Kier alpha value is -3.16. The van der Waals surface area contributed by atoms with Crippen molar-refractivity contribution in [3.05, 3.63) is 63.7 Å². The lowest BCUT2D eigenvalue weighted by Crippen LogP contribution is -2.42. The van der Waals surface area contributed by atoms with Crippen LogP contribution in [-0.2, 0) is 19.1 Å². The third-order valence-electron chi connectivity index (χ3n) is 4.86. The van der Waals surface area contributed by atoms with Gasteiger partial charge in [-0.2, -0.15) is 0 Å². The van der Waals surface area contributed by atoms with Gasteiger partial charge in [0.25, 0.3) is 0 Å². The molecule has 0 spiro atoms. The van der Waals surface area contributed by atoms with Crippen LogP contribution in [0.4, 0.5) is 0 Å². The number of carbonyl (C=O) groups is 2. The molecule has 2 rings (SSSR count). The molecule has 0 unspecified atom stereocenters. The van der Waals surface area contributed by atoms with E-state index in [1.807, 2.05) is 0 Å². The normalized spacial score (nSPS) is 20.9. The Morgan fingerprint density at radius 3 is 2.41 bits per heavy atom. The van der Waals surface area contributed by atoms with Gasteiger partial charge in [-0.15, -0.1) is 0 Å². The van der Waals surface area contributed by atoms with Gasteiger partial charge in [-0.25, -0.2) is 9.59 Å². The van der Waals surface area contributed by atoms with E-state index in [0.29, 0.717) is 11.3 Å². The summed E-state index contributed by atoms with van der Waals surface area (Å²) in [5, 5.41) is 12.2. The summed E-state index contributed by atoms with van der Waals surface area (Å²) in [7, 11) is 1.52. The molecule has 8 nitrogen and oxygen atoms in total. The molecule has 2 atom stereocenters. The highest BCUT2D eigenvalue weighted by Gasteiger charge is 2.56. The molecule has 0 N–H and O–H groups in total. The Morgan fingerprint density at radius 1 is 1.21 bits per heavy atom. The van der Waals surface area contributed by atoms with Gasteiger partial charge >= 0.3 is 11.9 Å². The van der Waals surface area contributed by atoms with E-state index in [9.17, 15) is 19.7 Å². The van der Waals surface area contributed by atoms with Gasteiger partial charge in [-0.3, -0.25) is 10.1 Å². The first-order chi connectivity index (χ1) is 13.9. The van der Waals surface area contributed by atoms with Crippen molar-refractivity contribution >= 4 is 11.9 Å². The van der Waals surface area contributed by atoms with Crippen molar-refractivity contribution in [2.24, 2.45) is 0 Å². The molecule has 0 aliphatic heterocycles. The summed E-state index contributed by atoms with van der Waals surface area (Å²) in [5.41, 5.74) is -0.665. The third-order valence-corrected chi connectivity index (χ3v) is 4.86. The first kappa shape index (κ1) is 22.1. The highest BCUT2D eigenvalue weighted by molar-refractivity contribution is 5.91. The Kier molecular flexibility index (Phi) is 7.52. The maximum atomic E-state index is 12.5. The largest absolute Gasteiger partial charge is 0.497 e. The Morgan fingerprint density at radius 2 is 1.86 bits per heavy atom. The van der Waals surface area contributed by atoms with Crippen molar-refractivity contribution in [1.29, 1.82) is 0 Å². The highest BCUT2D eigenvalue weighted by Crippen LogP contribution is 2.48. The zero-order chi connectivity index (χ0) is 21.4. The van der Waals surface area contributed by atoms with Gasteiger partial charge < -0.3 is 14.2 Å². The average Bonchev–Trinajstić information content (AvgIpc) is 3.09. The maximum absolute atomic E-state index is 12.5. The molecule has 1 aliphatic carbocycles. The van der Waals surface area contributed by atoms with E-state index >= 15 is 0 Å². The highest BCUT2D eigenvalue weighted by atomic mass is 16.6. The summed E-state index contributed by atoms with van der Waals surface area (Å²) in [5.74, 6) is -1.37. The number of esters is 2. The van der Waals surface area contributed by atoms with E-state index < -0.39 is 23.4 Å². The molecule has 0 saturated heterocycles. The number of methoxy groups -OCH3 is 1. The van der Waals surface area contributed by atoms with Crippen LogP contribution < -0.4 is 4.74 Å². The molecule has 0 bridgehead atoms. The van der Waals surface area contributed by atoms with Crippen molar-refractivity contribution in [2.75, 3.05) is 20.3 Å². The lowest BCUT2D eigenvalue weighted by Gasteiger charge is -2.28. The fourth-order valence-corrected chi connectivity index (χ4v) is 3.52. The summed E-state index contributed by atoms with van der Waals surface area (Å²) in [6.07, 6.45) is 4.17. The summed E-state index contributed by atoms with van der Waals surface area (Å²) >= 11 is 0. The molecule has 1 aliphatic rings. The minimum atomic E-state index is -1.51. The molecule has 1 aromatic rings. The summed E-state index contributed by atoms with van der Waals surface area (Å²) in [4.78, 5) is 35.9. The standard InChI is InChI=1S/C21H25NO7/c1-4-28-18(23)7-6-13-21(22(25)26)14-12-17(20(24)29-5-2)19(21)15-8-10-16(27-3)11-9-15/h6-12,19H,4-5,13-14H2,1-3H3/b7-6+/t19-,21+/m1/s1. The van der Waals surface area contributed by atoms with E-state index in [1.54, 1.807) is 44.2 Å². The fourth-order valence-electron chi connectivity index (χ4n) is 3.52. The van der Waals surface area contributed by atoms with Crippen LogP contribution in [0.15, 0.2) is 48.1 Å². The molecule has 29 heavy (non-hydrogen) atoms. The molecule has 0 heterocycles. The number of benzene rings is 1. The van der Waals surface area contributed by atoms with Crippen molar-refractivity contribution in [3.63, 3.8) is 0 Å². The quantitative estimate of drug-likeness (QED) is 0.270. The number of hydrogen-bond acceptors (Lipinski definition) is 7. The van der Waals surface area contributed by atoms with E-state index in [0.717, 1.165) is 0 Å². The number of nitro groups is 1. The van der Waals surface area contributed by atoms with Crippen molar-refractivity contribution in [2.45, 2.75) is 38.1 Å². The number of rotatable bonds is 9. The predicted octanol–water partition coefficient (Wildman–Crippen LogP) is 3.20. The summed E-state index contributed by atoms with van der Waals surface area (Å²) in [6.45, 7) is 3.74. The topological polar surface area (TPSA) is 105 Å². The molecular weight excluding hydrogens is 378 g/mol. The number of nitrogens with zero attached hydrogens (tertiary/aromatic N) is 1. The Bertz CT molecular complexity index is 813. The van der Waals surface area contributed by atoms with Crippen LogP contribution in [0.25, 0.3) is 0 Å². The van der Waals surface area contributed by atoms with Crippen LogP contribution >= 0.6 is 0 Å².